The van der Waals surface area contributed by atoms with Gasteiger partial charge in [-0.15, -0.1) is 0 Å². The Bertz CT molecular complexity index is 1270. The molecule has 0 aliphatic carbocycles. The lowest BCUT2D eigenvalue weighted by Gasteiger charge is -2.16. The summed E-state index contributed by atoms with van der Waals surface area (Å²) in [5.41, 5.74) is 3.12. The number of aromatic nitrogens is 3. The number of carbonyl (C=O) groups excluding carboxylic acids is 2. The van der Waals surface area contributed by atoms with Crippen LogP contribution in [-0.2, 0) is 16.1 Å². The highest BCUT2D eigenvalue weighted by Crippen LogP contribution is 2.37. The third-order valence-electron chi connectivity index (χ3n) is 5.25. The lowest BCUT2D eigenvalue weighted by Crippen LogP contribution is -2.31. The van der Waals surface area contributed by atoms with E-state index in [4.69, 9.17) is 11.6 Å². The molecule has 0 radical (unpaired) electrons. The van der Waals surface area contributed by atoms with Crippen LogP contribution in [0.25, 0.3) is 11.0 Å². The highest BCUT2D eigenvalue weighted by Gasteiger charge is 2.40. The predicted octanol–water partition coefficient (Wildman–Crippen LogP) is 4.20. The molecule has 1 aliphatic heterocycles. The van der Waals surface area contributed by atoms with Crippen molar-refractivity contribution in [3.8, 4) is 0 Å². The van der Waals surface area contributed by atoms with E-state index in [1.54, 1.807) is 41.6 Å². The minimum atomic E-state index is -0.675. The number of benzene rings is 2. The van der Waals surface area contributed by atoms with Crippen LogP contribution in [0.1, 0.15) is 18.0 Å². The second kappa shape index (κ2) is 7.85. The Balaban J connectivity index is 1.46. The molecule has 154 valence electrons. The Hall–Kier alpha value is -3.71. The van der Waals surface area contributed by atoms with E-state index in [9.17, 15) is 9.59 Å². The average molecular weight is 432 g/mol. The molecule has 7 nitrogen and oxygen atoms in total. The van der Waals surface area contributed by atoms with Crippen LogP contribution < -0.4 is 10.2 Å². The normalized spacial score (nSPS) is 15.3. The minimum Gasteiger partial charge on any atom is -0.326 e. The predicted molar refractivity (Wildman–Crippen MR) is 119 cm³/mol. The van der Waals surface area contributed by atoms with Gasteiger partial charge in [-0.05, 0) is 48.0 Å². The molecule has 31 heavy (non-hydrogen) atoms. The molecule has 0 saturated heterocycles. The van der Waals surface area contributed by atoms with Crippen LogP contribution in [0.4, 0.5) is 11.6 Å². The molecule has 3 heterocycles. The fourth-order valence-corrected chi connectivity index (χ4v) is 3.97. The largest absolute Gasteiger partial charge is 0.326 e. The molecule has 1 atom stereocenters. The first kappa shape index (κ1) is 19.3. The fraction of sp³-hybridized carbons (Fsp3) is 0.130. The number of para-hydroxylation sites is 2. The zero-order valence-corrected chi connectivity index (χ0v) is 17.2. The van der Waals surface area contributed by atoms with E-state index in [1.807, 2.05) is 41.0 Å². The van der Waals surface area contributed by atoms with Crippen LogP contribution in [-0.4, -0.2) is 26.3 Å². The number of nitrogens with zero attached hydrogens (tertiary/aromatic N) is 4. The van der Waals surface area contributed by atoms with E-state index in [1.165, 1.54) is 0 Å². The Morgan fingerprint density at radius 3 is 2.65 bits per heavy atom. The van der Waals surface area contributed by atoms with Gasteiger partial charge in [0, 0.05) is 23.1 Å². The summed E-state index contributed by atoms with van der Waals surface area (Å²) in [5, 5.41) is 3.43. The maximum atomic E-state index is 13.4. The molecule has 4 aromatic rings. The van der Waals surface area contributed by atoms with Crippen molar-refractivity contribution < 1.29 is 9.59 Å². The third-order valence-corrected chi connectivity index (χ3v) is 5.50. The molecule has 2 amide bonds. The molecule has 0 bridgehead atoms. The van der Waals surface area contributed by atoms with E-state index in [0.29, 0.717) is 23.2 Å². The highest BCUT2D eigenvalue weighted by atomic mass is 35.5. The number of rotatable bonds is 5. The Morgan fingerprint density at radius 1 is 1.06 bits per heavy atom. The van der Waals surface area contributed by atoms with E-state index in [0.717, 1.165) is 16.6 Å². The van der Waals surface area contributed by atoms with Crippen molar-refractivity contribution in [1.29, 1.82) is 0 Å². The summed E-state index contributed by atoms with van der Waals surface area (Å²) >= 11 is 5.91. The van der Waals surface area contributed by atoms with Gasteiger partial charge in [0.05, 0.1) is 24.0 Å². The van der Waals surface area contributed by atoms with Gasteiger partial charge in [0.1, 0.15) is 6.04 Å². The van der Waals surface area contributed by atoms with Crippen LogP contribution in [0.15, 0.2) is 73.1 Å². The van der Waals surface area contributed by atoms with E-state index < -0.39 is 6.04 Å². The van der Waals surface area contributed by atoms with Crippen molar-refractivity contribution in [1.82, 2.24) is 14.5 Å². The minimum absolute atomic E-state index is 0.00163. The van der Waals surface area contributed by atoms with E-state index in [-0.39, 0.29) is 18.2 Å². The van der Waals surface area contributed by atoms with Gasteiger partial charge in [-0.3, -0.25) is 24.0 Å². The SMILES string of the molecule is O=C(C[C@@H]1C(=O)N(Cc2cccnc2)c2nc3ccccc3n21)Nc1ccc(Cl)cc1. The molecule has 0 spiro atoms. The monoisotopic (exact) mass is 431 g/mol. The van der Waals surface area contributed by atoms with Gasteiger partial charge < -0.3 is 5.32 Å². The third kappa shape index (κ3) is 3.64. The fourth-order valence-electron chi connectivity index (χ4n) is 3.84. The van der Waals surface area contributed by atoms with Gasteiger partial charge >= 0.3 is 0 Å². The summed E-state index contributed by atoms with van der Waals surface area (Å²) in [6, 6.07) is 17.5. The smallest absolute Gasteiger partial charge is 0.253 e. The molecule has 8 heteroatoms. The van der Waals surface area contributed by atoms with Crippen molar-refractivity contribution in [2.24, 2.45) is 0 Å². The number of amides is 2. The van der Waals surface area contributed by atoms with Gasteiger partial charge in [-0.25, -0.2) is 4.98 Å². The van der Waals surface area contributed by atoms with E-state index in [2.05, 4.69) is 15.3 Å². The van der Waals surface area contributed by atoms with Crippen molar-refractivity contribution >= 4 is 46.1 Å². The molecule has 1 N–H and O–H groups in total. The lowest BCUT2D eigenvalue weighted by atomic mass is 10.1. The summed E-state index contributed by atoms with van der Waals surface area (Å²) in [5.74, 6) is 0.121. The number of carbonyl (C=O) groups is 2. The number of hydrogen-bond donors (Lipinski definition) is 1. The molecular weight excluding hydrogens is 414 g/mol. The molecule has 2 aromatic heterocycles. The van der Waals surface area contributed by atoms with Gasteiger partial charge in [-0.1, -0.05) is 29.8 Å². The second-order valence-corrected chi connectivity index (χ2v) is 7.77. The lowest BCUT2D eigenvalue weighted by molar-refractivity contribution is -0.124. The number of imidazole rings is 1. The molecule has 0 saturated carbocycles. The number of pyridine rings is 1. The summed E-state index contributed by atoms with van der Waals surface area (Å²) in [6.45, 7) is 0.339. The quantitative estimate of drug-likeness (QED) is 0.513. The summed E-state index contributed by atoms with van der Waals surface area (Å²) < 4.78 is 1.86. The summed E-state index contributed by atoms with van der Waals surface area (Å²) in [6.07, 6.45) is 3.41. The van der Waals surface area contributed by atoms with Crippen LogP contribution in [0.2, 0.25) is 5.02 Å². The van der Waals surface area contributed by atoms with Crippen molar-refractivity contribution in [3.05, 3.63) is 83.6 Å². The zero-order chi connectivity index (χ0) is 21.4. The summed E-state index contributed by atoms with van der Waals surface area (Å²) in [4.78, 5) is 36.6. The van der Waals surface area contributed by atoms with Crippen LogP contribution in [0.3, 0.4) is 0 Å². The van der Waals surface area contributed by atoms with Gasteiger partial charge in [0.2, 0.25) is 11.9 Å². The molecule has 5 rings (SSSR count). The topological polar surface area (TPSA) is 80.1 Å². The summed E-state index contributed by atoms with van der Waals surface area (Å²) in [7, 11) is 0. The average Bonchev–Trinajstić information content (AvgIpc) is 3.27. The van der Waals surface area contributed by atoms with Gasteiger partial charge in [0.15, 0.2) is 0 Å². The highest BCUT2D eigenvalue weighted by molar-refractivity contribution is 6.30. The molecule has 0 unspecified atom stereocenters. The van der Waals surface area contributed by atoms with Crippen LogP contribution in [0.5, 0.6) is 0 Å². The first-order chi connectivity index (χ1) is 15.1. The second-order valence-electron chi connectivity index (χ2n) is 7.33. The number of nitrogens with one attached hydrogen (secondary N) is 1. The van der Waals surface area contributed by atoms with Crippen molar-refractivity contribution in [2.45, 2.75) is 19.0 Å². The molecule has 2 aromatic carbocycles. The number of anilines is 2. The van der Waals surface area contributed by atoms with Crippen molar-refractivity contribution in [3.63, 3.8) is 0 Å². The van der Waals surface area contributed by atoms with Crippen LogP contribution >= 0.6 is 11.6 Å². The number of fused-ring (bicyclic) bond motifs is 3. The van der Waals surface area contributed by atoms with Gasteiger partial charge in [-0.2, -0.15) is 0 Å². The molecule has 1 aliphatic rings. The standard InChI is InChI=1S/C23H18ClN5O2/c24-16-7-9-17(10-8-16)26-21(30)12-20-22(31)28(14-15-4-3-11-25-13-15)23-27-18-5-1-2-6-19(18)29(20)23/h1-11,13,20H,12,14H2,(H,26,30)/t20-/m1/s1. The number of hydrogen-bond acceptors (Lipinski definition) is 4. The first-order valence-electron chi connectivity index (χ1n) is 9.83. The van der Waals surface area contributed by atoms with Crippen molar-refractivity contribution in [2.75, 3.05) is 10.2 Å². The Morgan fingerprint density at radius 2 is 1.87 bits per heavy atom. The zero-order valence-electron chi connectivity index (χ0n) is 16.4. The van der Waals surface area contributed by atoms with E-state index >= 15 is 0 Å². The number of halogens is 1. The Labute approximate surface area is 183 Å². The maximum absolute atomic E-state index is 13.4. The van der Waals surface area contributed by atoms with Crippen LogP contribution in [0, 0.1) is 0 Å². The molecule has 0 fully saturated rings. The maximum Gasteiger partial charge on any atom is 0.253 e. The molecular formula is C23H18ClN5O2. The Kier molecular flexibility index (Phi) is 4.88. The first-order valence-corrected chi connectivity index (χ1v) is 10.2. The van der Waals surface area contributed by atoms with Gasteiger partial charge in [0.25, 0.3) is 5.91 Å².